The standard InChI is InChI=1S/C17H20F3N7O2S2/c1-31(28,29)26-13(9-2-4-22-5-3-9)15-25-27-12(8-24-16(27)30-15)10-6-11(17(18,19)20)14(21)23-7-10/h6-9,13,22,26H,2-5H2,1H3,(H2,21,23). The lowest BCUT2D eigenvalue weighted by molar-refractivity contribution is -0.137. The van der Waals surface area contributed by atoms with Gasteiger partial charge in [0.2, 0.25) is 15.0 Å². The summed E-state index contributed by atoms with van der Waals surface area (Å²) in [4.78, 5) is 8.34. The predicted molar refractivity (Wildman–Crippen MR) is 110 cm³/mol. The summed E-state index contributed by atoms with van der Waals surface area (Å²) in [6, 6.07) is 0.357. The number of rotatable bonds is 5. The lowest BCUT2D eigenvalue weighted by Gasteiger charge is -2.29. The number of hydrogen-bond donors (Lipinski definition) is 3. The van der Waals surface area contributed by atoms with Gasteiger partial charge in [0, 0.05) is 11.8 Å². The number of nitrogen functional groups attached to an aromatic ring is 1. The van der Waals surface area contributed by atoms with Crippen molar-refractivity contribution in [2.75, 3.05) is 25.1 Å². The lowest BCUT2D eigenvalue weighted by Crippen LogP contribution is -2.38. The van der Waals surface area contributed by atoms with E-state index in [1.165, 1.54) is 28.2 Å². The number of imidazole rings is 1. The first kappa shape index (κ1) is 21.9. The Labute approximate surface area is 179 Å². The number of fused-ring (bicyclic) bond motifs is 1. The fourth-order valence-electron chi connectivity index (χ4n) is 3.63. The molecule has 0 aliphatic carbocycles. The second kappa shape index (κ2) is 8.00. The SMILES string of the molecule is CS(=O)(=O)NC(c1nn2c(-c3cnc(N)c(C(F)(F)F)c3)cnc2s1)C1CCNCC1. The molecule has 0 aromatic carbocycles. The molecule has 0 amide bonds. The Bertz CT molecular complexity index is 1200. The Kier molecular flexibility index (Phi) is 5.66. The first-order chi connectivity index (χ1) is 14.5. The predicted octanol–water partition coefficient (Wildman–Crippen LogP) is 2.04. The van der Waals surface area contributed by atoms with Gasteiger partial charge in [0.1, 0.15) is 10.8 Å². The third-order valence-electron chi connectivity index (χ3n) is 5.08. The molecule has 0 radical (unpaired) electrons. The molecule has 0 spiro atoms. The third kappa shape index (κ3) is 4.66. The molecule has 1 unspecified atom stereocenters. The zero-order chi connectivity index (χ0) is 22.4. The highest BCUT2D eigenvalue weighted by molar-refractivity contribution is 7.88. The number of sulfonamides is 1. The highest BCUT2D eigenvalue weighted by atomic mass is 32.2. The molecule has 31 heavy (non-hydrogen) atoms. The van der Waals surface area contributed by atoms with Crippen LogP contribution in [0, 0.1) is 5.92 Å². The van der Waals surface area contributed by atoms with Gasteiger partial charge in [0.25, 0.3) is 0 Å². The number of nitrogens with zero attached hydrogens (tertiary/aromatic N) is 4. The quantitative estimate of drug-likeness (QED) is 0.515. The molecular formula is C17H20F3N7O2S2. The second-order valence-corrected chi connectivity index (χ2v) is 10.2. The van der Waals surface area contributed by atoms with E-state index in [4.69, 9.17) is 5.73 Å². The number of hydrogen-bond acceptors (Lipinski definition) is 8. The van der Waals surface area contributed by atoms with Crippen molar-refractivity contribution in [3.8, 4) is 11.3 Å². The third-order valence-corrected chi connectivity index (χ3v) is 6.77. The molecular weight excluding hydrogens is 455 g/mol. The first-order valence-corrected chi connectivity index (χ1v) is 12.1. The molecule has 1 saturated heterocycles. The number of nitrogens with two attached hydrogens (primary N) is 1. The molecule has 4 heterocycles. The van der Waals surface area contributed by atoms with Crippen LogP contribution in [-0.2, 0) is 16.2 Å². The van der Waals surface area contributed by atoms with Gasteiger partial charge in [0.15, 0.2) is 0 Å². The molecule has 14 heteroatoms. The summed E-state index contributed by atoms with van der Waals surface area (Å²) in [5.41, 5.74) is 4.81. The van der Waals surface area contributed by atoms with Crippen molar-refractivity contribution >= 4 is 32.1 Å². The number of anilines is 1. The van der Waals surface area contributed by atoms with Crippen LogP contribution in [0.3, 0.4) is 0 Å². The maximum atomic E-state index is 13.2. The molecule has 3 aromatic rings. The number of alkyl halides is 3. The van der Waals surface area contributed by atoms with E-state index in [2.05, 4.69) is 25.1 Å². The molecule has 1 atom stereocenters. The molecule has 1 fully saturated rings. The summed E-state index contributed by atoms with van der Waals surface area (Å²) in [5, 5.41) is 8.25. The van der Waals surface area contributed by atoms with Crippen molar-refractivity contribution in [1.82, 2.24) is 29.6 Å². The van der Waals surface area contributed by atoms with Gasteiger partial charge >= 0.3 is 6.18 Å². The van der Waals surface area contributed by atoms with Crippen molar-refractivity contribution in [3.63, 3.8) is 0 Å². The Morgan fingerprint density at radius 2 is 2.00 bits per heavy atom. The van der Waals surface area contributed by atoms with Crippen LogP contribution in [0.25, 0.3) is 16.2 Å². The Morgan fingerprint density at radius 1 is 1.29 bits per heavy atom. The van der Waals surface area contributed by atoms with Crippen molar-refractivity contribution < 1.29 is 21.6 Å². The van der Waals surface area contributed by atoms with E-state index in [1.54, 1.807) is 0 Å². The van der Waals surface area contributed by atoms with Crippen molar-refractivity contribution in [2.45, 2.75) is 25.1 Å². The number of piperidine rings is 1. The van der Waals surface area contributed by atoms with Crippen LogP contribution in [0.4, 0.5) is 19.0 Å². The van der Waals surface area contributed by atoms with Crippen LogP contribution in [0.5, 0.6) is 0 Å². The van der Waals surface area contributed by atoms with Crippen molar-refractivity contribution in [1.29, 1.82) is 0 Å². The van der Waals surface area contributed by atoms with Gasteiger partial charge in [-0.25, -0.2) is 27.6 Å². The maximum Gasteiger partial charge on any atom is 0.419 e. The lowest BCUT2D eigenvalue weighted by atomic mass is 9.91. The molecule has 1 aliphatic heterocycles. The van der Waals surface area contributed by atoms with Crippen molar-refractivity contribution in [3.05, 3.63) is 29.0 Å². The van der Waals surface area contributed by atoms with E-state index in [0.717, 1.165) is 38.3 Å². The number of nitrogens with one attached hydrogen (secondary N) is 2. The minimum absolute atomic E-state index is 0.0327. The minimum atomic E-state index is -4.65. The first-order valence-electron chi connectivity index (χ1n) is 9.38. The number of pyridine rings is 1. The molecule has 9 nitrogen and oxygen atoms in total. The zero-order valence-corrected chi connectivity index (χ0v) is 18.0. The zero-order valence-electron chi connectivity index (χ0n) is 16.3. The topological polar surface area (TPSA) is 127 Å². The molecule has 0 bridgehead atoms. The highest BCUT2D eigenvalue weighted by Gasteiger charge is 2.35. The van der Waals surface area contributed by atoms with Crippen LogP contribution >= 0.6 is 11.3 Å². The fraction of sp³-hybridized carbons (Fsp3) is 0.471. The van der Waals surface area contributed by atoms with E-state index < -0.39 is 33.6 Å². The molecule has 1 aliphatic rings. The fourth-order valence-corrected chi connectivity index (χ4v) is 5.49. The van der Waals surface area contributed by atoms with Gasteiger partial charge in [-0.15, -0.1) is 0 Å². The Morgan fingerprint density at radius 3 is 2.65 bits per heavy atom. The van der Waals surface area contributed by atoms with Crippen LogP contribution in [0.1, 0.15) is 29.5 Å². The molecule has 4 rings (SSSR count). The monoisotopic (exact) mass is 475 g/mol. The van der Waals surface area contributed by atoms with Crippen molar-refractivity contribution in [2.24, 2.45) is 5.92 Å². The highest BCUT2D eigenvalue weighted by Crippen LogP contribution is 2.37. The van der Waals surface area contributed by atoms with Gasteiger partial charge in [-0.1, -0.05) is 11.3 Å². The van der Waals surface area contributed by atoms with Gasteiger partial charge in [-0.2, -0.15) is 18.3 Å². The van der Waals surface area contributed by atoms with E-state index in [1.807, 2.05) is 0 Å². The molecule has 168 valence electrons. The summed E-state index contributed by atoms with van der Waals surface area (Å²) < 4.78 is 67.7. The van der Waals surface area contributed by atoms with E-state index in [0.29, 0.717) is 15.7 Å². The smallest absolute Gasteiger partial charge is 0.383 e. The number of aromatic nitrogens is 4. The maximum absolute atomic E-state index is 13.2. The van der Waals surface area contributed by atoms with Crippen LogP contribution in [0.15, 0.2) is 18.5 Å². The molecule has 4 N–H and O–H groups in total. The van der Waals surface area contributed by atoms with Gasteiger partial charge in [-0.05, 0) is 37.9 Å². The average molecular weight is 476 g/mol. The van der Waals surface area contributed by atoms with Gasteiger partial charge in [0.05, 0.1) is 29.8 Å². The summed E-state index contributed by atoms with van der Waals surface area (Å²) in [6.07, 6.45) is 0.594. The van der Waals surface area contributed by atoms with Crippen LogP contribution in [0.2, 0.25) is 0 Å². The molecule has 0 saturated carbocycles. The van der Waals surface area contributed by atoms with Gasteiger partial charge < -0.3 is 11.1 Å². The normalized spacial score (nSPS) is 17.3. The minimum Gasteiger partial charge on any atom is -0.383 e. The summed E-state index contributed by atoms with van der Waals surface area (Å²) in [5.74, 6) is -0.579. The molecule has 3 aromatic heterocycles. The van der Waals surface area contributed by atoms with Crippen LogP contribution in [-0.4, -0.2) is 47.3 Å². The Hall–Kier alpha value is -2.29. The van der Waals surface area contributed by atoms with E-state index >= 15 is 0 Å². The summed E-state index contributed by atoms with van der Waals surface area (Å²) in [6.45, 7) is 1.52. The number of halogens is 3. The average Bonchev–Trinajstić information content (AvgIpc) is 3.26. The van der Waals surface area contributed by atoms with Gasteiger partial charge in [-0.3, -0.25) is 0 Å². The summed E-state index contributed by atoms with van der Waals surface area (Å²) in [7, 11) is -3.51. The van der Waals surface area contributed by atoms with E-state index in [9.17, 15) is 21.6 Å². The summed E-state index contributed by atoms with van der Waals surface area (Å²) >= 11 is 1.19. The van der Waals surface area contributed by atoms with Crippen LogP contribution < -0.4 is 15.8 Å². The second-order valence-electron chi connectivity index (χ2n) is 7.39. The largest absolute Gasteiger partial charge is 0.419 e. The van der Waals surface area contributed by atoms with E-state index in [-0.39, 0.29) is 11.5 Å². The Balaban J connectivity index is 1.76.